The number of rotatable bonds is 3. The fourth-order valence-electron chi connectivity index (χ4n) is 1.98. The second-order valence-electron chi connectivity index (χ2n) is 4.52. The quantitative estimate of drug-likeness (QED) is 0.796. The van der Waals surface area contributed by atoms with Crippen molar-refractivity contribution in [3.63, 3.8) is 0 Å². The number of benzene rings is 1. The van der Waals surface area contributed by atoms with E-state index in [1.165, 1.54) is 0 Å². The van der Waals surface area contributed by atoms with Gasteiger partial charge >= 0.3 is 0 Å². The van der Waals surface area contributed by atoms with Gasteiger partial charge in [-0.3, -0.25) is 0 Å². The van der Waals surface area contributed by atoms with Gasteiger partial charge in [0.05, 0.1) is 11.3 Å². The number of para-hydroxylation sites is 1. The van der Waals surface area contributed by atoms with Crippen LogP contribution >= 0.6 is 0 Å². The summed E-state index contributed by atoms with van der Waals surface area (Å²) in [5, 5.41) is 15.5. The first kappa shape index (κ1) is 13.7. The molecule has 1 aromatic carbocycles. The molecule has 2 rings (SSSR count). The number of hydrogen-bond acceptors (Lipinski definition) is 5. The Labute approximate surface area is 118 Å². The molecule has 1 aromatic heterocycles. The van der Waals surface area contributed by atoms with Crippen molar-refractivity contribution in [3.05, 3.63) is 41.0 Å². The molecule has 102 valence electrons. The van der Waals surface area contributed by atoms with Gasteiger partial charge in [0.15, 0.2) is 11.6 Å². The van der Waals surface area contributed by atoms with E-state index in [0.717, 1.165) is 16.8 Å². The molecule has 0 aliphatic heterocycles. The summed E-state index contributed by atoms with van der Waals surface area (Å²) in [7, 11) is 1.75. The van der Waals surface area contributed by atoms with Gasteiger partial charge in [0.1, 0.15) is 6.07 Å². The second kappa shape index (κ2) is 5.49. The third-order valence-corrected chi connectivity index (χ3v) is 3.24. The zero-order valence-corrected chi connectivity index (χ0v) is 11.8. The summed E-state index contributed by atoms with van der Waals surface area (Å²) >= 11 is 0. The molecule has 0 saturated carbocycles. The highest BCUT2D eigenvalue weighted by Gasteiger charge is 2.14. The maximum atomic E-state index is 9.33. The number of nitrogens with zero attached hydrogens (tertiary/aromatic N) is 2. The zero-order valence-electron chi connectivity index (χ0n) is 11.8. The summed E-state index contributed by atoms with van der Waals surface area (Å²) in [5.74, 6) is 1.08. The van der Waals surface area contributed by atoms with Crippen LogP contribution in [-0.2, 0) is 0 Å². The SMILES string of the molecule is CNc1nc(Nc2ccccc2C)c(C#N)c(C)c1N. The van der Waals surface area contributed by atoms with Gasteiger partial charge in [-0.15, -0.1) is 0 Å². The molecule has 0 atom stereocenters. The largest absolute Gasteiger partial charge is 0.395 e. The summed E-state index contributed by atoms with van der Waals surface area (Å²) in [6, 6.07) is 10.0. The van der Waals surface area contributed by atoms with E-state index in [1.54, 1.807) is 7.05 Å². The number of pyridine rings is 1. The average molecular weight is 267 g/mol. The van der Waals surface area contributed by atoms with Crippen molar-refractivity contribution in [2.45, 2.75) is 13.8 Å². The van der Waals surface area contributed by atoms with Crippen molar-refractivity contribution >= 4 is 23.0 Å². The van der Waals surface area contributed by atoms with E-state index in [1.807, 2.05) is 38.1 Å². The van der Waals surface area contributed by atoms with E-state index in [-0.39, 0.29) is 0 Å². The number of aromatic nitrogens is 1. The molecule has 5 heteroatoms. The van der Waals surface area contributed by atoms with E-state index >= 15 is 0 Å². The maximum absolute atomic E-state index is 9.33. The third-order valence-electron chi connectivity index (χ3n) is 3.24. The van der Waals surface area contributed by atoms with Crippen LogP contribution in [0.2, 0.25) is 0 Å². The predicted molar refractivity (Wildman–Crippen MR) is 82.1 cm³/mol. The van der Waals surface area contributed by atoms with Crippen molar-refractivity contribution in [3.8, 4) is 6.07 Å². The molecule has 5 nitrogen and oxygen atoms in total. The van der Waals surface area contributed by atoms with Crippen LogP contribution in [0.5, 0.6) is 0 Å². The number of nitrogens with one attached hydrogen (secondary N) is 2. The molecule has 0 bridgehead atoms. The lowest BCUT2D eigenvalue weighted by Gasteiger charge is -2.15. The summed E-state index contributed by atoms with van der Waals surface area (Å²) in [4.78, 5) is 4.39. The number of nitriles is 1. The van der Waals surface area contributed by atoms with Gasteiger partial charge in [-0.05, 0) is 31.0 Å². The van der Waals surface area contributed by atoms with Crippen LogP contribution in [0.4, 0.5) is 23.0 Å². The minimum absolute atomic E-state index is 0.463. The highest BCUT2D eigenvalue weighted by Crippen LogP contribution is 2.30. The molecular formula is C15H17N5. The van der Waals surface area contributed by atoms with Gasteiger partial charge < -0.3 is 16.4 Å². The molecule has 1 heterocycles. The predicted octanol–water partition coefficient (Wildman–Crippen LogP) is 2.94. The first-order chi connectivity index (χ1) is 9.58. The number of hydrogen-bond donors (Lipinski definition) is 3. The molecule has 0 unspecified atom stereocenters. The lowest BCUT2D eigenvalue weighted by molar-refractivity contribution is 1.23. The van der Waals surface area contributed by atoms with Crippen LogP contribution in [0.25, 0.3) is 0 Å². The van der Waals surface area contributed by atoms with Crippen LogP contribution < -0.4 is 16.4 Å². The monoisotopic (exact) mass is 267 g/mol. The van der Waals surface area contributed by atoms with Crippen LogP contribution in [-0.4, -0.2) is 12.0 Å². The Morgan fingerprint density at radius 1 is 1.20 bits per heavy atom. The highest BCUT2D eigenvalue weighted by molar-refractivity contribution is 5.77. The molecule has 20 heavy (non-hydrogen) atoms. The molecular weight excluding hydrogens is 250 g/mol. The highest BCUT2D eigenvalue weighted by atomic mass is 15.1. The lowest BCUT2D eigenvalue weighted by Crippen LogP contribution is -2.07. The second-order valence-corrected chi connectivity index (χ2v) is 4.52. The van der Waals surface area contributed by atoms with Crippen molar-refractivity contribution in [2.24, 2.45) is 0 Å². The average Bonchev–Trinajstić information content (AvgIpc) is 2.45. The van der Waals surface area contributed by atoms with Crippen LogP contribution in [0.3, 0.4) is 0 Å². The fraction of sp³-hybridized carbons (Fsp3) is 0.200. The van der Waals surface area contributed by atoms with Crippen molar-refractivity contribution in [1.82, 2.24) is 4.98 Å². The molecule has 0 amide bonds. The molecule has 0 saturated heterocycles. The summed E-state index contributed by atoms with van der Waals surface area (Å²) < 4.78 is 0. The minimum atomic E-state index is 0.463. The Morgan fingerprint density at radius 2 is 1.90 bits per heavy atom. The van der Waals surface area contributed by atoms with Gasteiger partial charge in [-0.1, -0.05) is 18.2 Å². The number of aryl methyl sites for hydroxylation is 1. The molecule has 2 aromatic rings. The van der Waals surface area contributed by atoms with Gasteiger partial charge in [-0.2, -0.15) is 5.26 Å². The van der Waals surface area contributed by atoms with Gasteiger partial charge in [0.2, 0.25) is 0 Å². The molecule has 0 radical (unpaired) electrons. The van der Waals surface area contributed by atoms with E-state index in [4.69, 9.17) is 5.73 Å². The van der Waals surface area contributed by atoms with Gasteiger partial charge in [-0.25, -0.2) is 4.98 Å². The van der Waals surface area contributed by atoms with E-state index in [2.05, 4.69) is 21.7 Å². The zero-order chi connectivity index (χ0) is 14.7. The first-order valence-electron chi connectivity index (χ1n) is 6.29. The van der Waals surface area contributed by atoms with Crippen LogP contribution in [0.15, 0.2) is 24.3 Å². The van der Waals surface area contributed by atoms with Crippen molar-refractivity contribution in [1.29, 1.82) is 5.26 Å². The first-order valence-corrected chi connectivity index (χ1v) is 6.29. The number of anilines is 4. The molecule has 0 aliphatic rings. The van der Waals surface area contributed by atoms with E-state index in [0.29, 0.717) is 22.9 Å². The smallest absolute Gasteiger partial charge is 0.151 e. The molecule has 0 fully saturated rings. The van der Waals surface area contributed by atoms with Crippen molar-refractivity contribution in [2.75, 3.05) is 23.4 Å². The summed E-state index contributed by atoms with van der Waals surface area (Å²) in [6.45, 7) is 3.82. The minimum Gasteiger partial charge on any atom is -0.395 e. The number of nitrogen functional groups attached to an aromatic ring is 1. The van der Waals surface area contributed by atoms with E-state index in [9.17, 15) is 5.26 Å². The Bertz CT molecular complexity index is 685. The Balaban J connectivity index is 2.54. The summed E-state index contributed by atoms with van der Waals surface area (Å²) in [5.41, 5.74) is 9.65. The third kappa shape index (κ3) is 2.36. The standard InChI is InChI=1S/C15H17N5/c1-9-6-4-5-7-12(9)19-14-11(8-16)10(2)13(17)15(18-3)20-14/h4-7H,17H2,1-3H3,(H2,18,19,20). The van der Waals surface area contributed by atoms with Crippen LogP contribution in [0, 0.1) is 25.2 Å². The Hall–Kier alpha value is -2.74. The van der Waals surface area contributed by atoms with Gasteiger partial charge in [0.25, 0.3) is 0 Å². The fourth-order valence-corrected chi connectivity index (χ4v) is 1.98. The maximum Gasteiger partial charge on any atom is 0.151 e. The molecule has 0 aliphatic carbocycles. The van der Waals surface area contributed by atoms with Crippen molar-refractivity contribution < 1.29 is 0 Å². The lowest BCUT2D eigenvalue weighted by atomic mass is 10.1. The number of nitrogens with two attached hydrogens (primary N) is 1. The summed E-state index contributed by atoms with van der Waals surface area (Å²) in [6.07, 6.45) is 0. The van der Waals surface area contributed by atoms with E-state index < -0.39 is 0 Å². The normalized spacial score (nSPS) is 9.90. The Kier molecular flexibility index (Phi) is 3.76. The Morgan fingerprint density at radius 3 is 2.50 bits per heavy atom. The topological polar surface area (TPSA) is 86.8 Å². The molecule has 0 spiro atoms. The van der Waals surface area contributed by atoms with Crippen LogP contribution in [0.1, 0.15) is 16.7 Å². The molecule has 4 N–H and O–H groups in total. The van der Waals surface area contributed by atoms with Gasteiger partial charge in [0, 0.05) is 12.7 Å².